The monoisotopic (exact) mass is 436 g/mol. The van der Waals surface area contributed by atoms with E-state index in [1.165, 1.54) is 11.1 Å². The van der Waals surface area contributed by atoms with Gasteiger partial charge in [0, 0.05) is 0 Å². The van der Waals surface area contributed by atoms with Crippen LogP contribution in [0.3, 0.4) is 0 Å². The van der Waals surface area contributed by atoms with E-state index in [0.29, 0.717) is 11.8 Å². The maximum Gasteiger partial charge on any atom is 0.344 e. The van der Waals surface area contributed by atoms with Gasteiger partial charge >= 0.3 is 5.97 Å². The predicted molar refractivity (Wildman–Crippen MR) is 103 cm³/mol. The van der Waals surface area contributed by atoms with Crippen LogP contribution in [0.2, 0.25) is 0 Å². The Hall–Kier alpha value is -3.56. The molecule has 0 saturated heterocycles. The highest BCUT2D eigenvalue weighted by molar-refractivity contribution is 5.95. The number of fused-ring (bicyclic) bond motifs is 1. The summed E-state index contributed by atoms with van der Waals surface area (Å²) in [5.41, 5.74) is 1.88. The minimum atomic E-state index is -1.73. The van der Waals surface area contributed by atoms with Gasteiger partial charge in [0.25, 0.3) is 5.91 Å². The molecule has 0 bridgehead atoms. The predicted octanol–water partition coefficient (Wildman–Crippen LogP) is 2.27. The van der Waals surface area contributed by atoms with Gasteiger partial charge in [-0.2, -0.15) is 0 Å². The number of aryl methyl sites for hydroxylation is 2. The van der Waals surface area contributed by atoms with Crippen LogP contribution in [0.15, 0.2) is 30.3 Å². The lowest BCUT2D eigenvalue weighted by Crippen LogP contribution is -2.36. The number of halogens is 3. The molecular formula is C21H19F3N2O5. The Balaban J connectivity index is 1.35. The molecule has 0 fully saturated rings. The minimum absolute atomic E-state index is 0.387. The van der Waals surface area contributed by atoms with Crippen molar-refractivity contribution in [1.29, 1.82) is 0 Å². The summed E-state index contributed by atoms with van der Waals surface area (Å²) < 4.78 is 49.6. The molecule has 0 spiro atoms. The van der Waals surface area contributed by atoms with Crippen molar-refractivity contribution >= 4 is 23.5 Å². The summed E-state index contributed by atoms with van der Waals surface area (Å²) in [6, 6.07) is 7.08. The molecule has 10 heteroatoms. The number of nitrogens with one attached hydrogen (secondary N) is 2. The summed E-state index contributed by atoms with van der Waals surface area (Å²) in [7, 11) is 0. The molecule has 0 aromatic heterocycles. The van der Waals surface area contributed by atoms with Gasteiger partial charge in [0.05, 0.1) is 12.2 Å². The molecule has 0 atom stereocenters. The van der Waals surface area contributed by atoms with Crippen LogP contribution in [0.5, 0.6) is 5.75 Å². The molecular weight excluding hydrogens is 417 g/mol. The van der Waals surface area contributed by atoms with Gasteiger partial charge in [0.15, 0.2) is 30.7 Å². The fourth-order valence-electron chi connectivity index (χ4n) is 3.01. The zero-order valence-electron chi connectivity index (χ0n) is 16.3. The molecule has 1 aliphatic rings. The number of hydrogen-bond donors (Lipinski definition) is 2. The van der Waals surface area contributed by atoms with Crippen molar-refractivity contribution in [2.24, 2.45) is 0 Å². The zero-order chi connectivity index (χ0) is 22.4. The van der Waals surface area contributed by atoms with Gasteiger partial charge in [-0.3, -0.25) is 9.59 Å². The van der Waals surface area contributed by atoms with Gasteiger partial charge in [-0.05, 0) is 54.7 Å². The van der Waals surface area contributed by atoms with Crippen molar-refractivity contribution in [3.63, 3.8) is 0 Å². The van der Waals surface area contributed by atoms with E-state index >= 15 is 0 Å². The summed E-state index contributed by atoms with van der Waals surface area (Å²) in [4.78, 5) is 35.1. The molecule has 164 valence electrons. The highest BCUT2D eigenvalue weighted by Gasteiger charge is 2.16. The average molecular weight is 436 g/mol. The number of hydrogen-bond acceptors (Lipinski definition) is 5. The smallest absolute Gasteiger partial charge is 0.344 e. The Morgan fingerprint density at radius 3 is 2.48 bits per heavy atom. The van der Waals surface area contributed by atoms with Gasteiger partial charge in [0.2, 0.25) is 5.91 Å². The van der Waals surface area contributed by atoms with Crippen molar-refractivity contribution < 1.29 is 37.0 Å². The second-order valence-corrected chi connectivity index (χ2v) is 6.78. The molecule has 2 amide bonds. The molecule has 0 aliphatic heterocycles. The standard InChI is InChI=1S/C21H19F3N2O5/c22-15-6-7-16(21(24)20(15)23)26-17(27)9-25-18(28)10-31-19(29)11-30-14-5-4-12-2-1-3-13(12)8-14/h4-8H,1-3,9-11H2,(H,25,28)(H,26,27). The lowest BCUT2D eigenvalue weighted by atomic mass is 10.1. The second-order valence-electron chi connectivity index (χ2n) is 6.78. The van der Waals surface area contributed by atoms with E-state index in [4.69, 9.17) is 9.47 Å². The molecule has 2 aromatic carbocycles. The highest BCUT2D eigenvalue weighted by atomic mass is 19.2. The topological polar surface area (TPSA) is 93.7 Å². The Bertz CT molecular complexity index is 1010. The van der Waals surface area contributed by atoms with E-state index in [-0.39, 0.29) is 6.61 Å². The number of amides is 2. The second kappa shape index (κ2) is 9.96. The third-order valence-corrected chi connectivity index (χ3v) is 4.55. The molecule has 31 heavy (non-hydrogen) atoms. The summed E-state index contributed by atoms with van der Waals surface area (Å²) in [6.45, 7) is -1.64. The summed E-state index contributed by atoms with van der Waals surface area (Å²) in [5.74, 6) is -6.60. The molecule has 0 saturated carbocycles. The first-order valence-electron chi connectivity index (χ1n) is 9.43. The number of rotatable bonds is 8. The van der Waals surface area contributed by atoms with Crippen molar-refractivity contribution in [2.45, 2.75) is 19.3 Å². The first-order valence-corrected chi connectivity index (χ1v) is 9.43. The molecule has 1 aliphatic carbocycles. The Morgan fingerprint density at radius 2 is 1.68 bits per heavy atom. The van der Waals surface area contributed by atoms with Crippen LogP contribution in [0.1, 0.15) is 17.5 Å². The normalized spacial score (nSPS) is 12.1. The van der Waals surface area contributed by atoms with Crippen LogP contribution in [0.4, 0.5) is 18.9 Å². The lowest BCUT2D eigenvalue weighted by molar-refractivity contribution is -0.150. The number of esters is 1. The number of ether oxygens (including phenoxy) is 2. The third-order valence-electron chi connectivity index (χ3n) is 4.55. The van der Waals surface area contributed by atoms with Crippen molar-refractivity contribution in [1.82, 2.24) is 5.32 Å². The van der Waals surface area contributed by atoms with Gasteiger partial charge in [-0.1, -0.05) is 6.07 Å². The van der Waals surface area contributed by atoms with Crippen LogP contribution >= 0.6 is 0 Å². The summed E-state index contributed by atoms with van der Waals surface area (Å²) in [5, 5.41) is 4.14. The van der Waals surface area contributed by atoms with E-state index in [2.05, 4.69) is 5.32 Å². The number of carbonyl (C=O) groups excluding carboxylic acids is 3. The van der Waals surface area contributed by atoms with Crippen LogP contribution < -0.4 is 15.4 Å². The SMILES string of the molecule is O=C(COC(=O)COc1ccc2c(c1)CCC2)NCC(=O)Nc1ccc(F)c(F)c1F. The number of benzene rings is 2. The van der Waals surface area contributed by atoms with E-state index in [1.54, 1.807) is 6.07 Å². The molecule has 0 heterocycles. The highest BCUT2D eigenvalue weighted by Crippen LogP contribution is 2.26. The van der Waals surface area contributed by atoms with Crippen LogP contribution in [0, 0.1) is 17.5 Å². The molecule has 0 radical (unpaired) electrons. The van der Waals surface area contributed by atoms with E-state index in [9.17, 15) is 27.6 Å². The van der Waals surface area contributed by atoms with E-state index < -0.39 is 54.1 Å². The van der Waals surface area contributed by atoms with Crippen molar-refractivity contribution in [2.75, 3.05) is 25.1 Å². The third kappa shape index (κ3) is 5.97. The lowest BCUT2D eigenvalue weighted by Gasteiger charge is -2.10. The Morgan fingerprint density at radius 1 is 0.903 bits per heavy atom. The van der Waals surface area contributed by atoms with Crippen LogP contribution in [0.25, 0.3) is 0 Å². The van der Waals surface area contributed by atoms with Gasteiger partial charge in [0.1, 0.15) is 5.75 Å². The van der Waals surface area contributed by atoms with Gasteiger partial charge in [-0.15, -0.1) is 0 Å². The van der Waals surface area contributed by atoms with Crippen molar-refractivity contribution in [3.8, 4) is 5.75 Å². The maximum absolute atomic E-state index is 13.5. The van der Waals surface area contributed by atoms with Crippen LogP contribution in [-0.4, -0.2) is 37.5 Å². The zero-order valence-corrected chi connectivity index (χ0v) is 16.3. The fraction of sp³-hybridized carbons (Fsp3) is 0.286. The molecule has 7 nitrogen and oxygen atoms in total. The summed E-state index contributed by atoms with van der Waals surface area (Å²) in [6.07, 6.45) is 3.08. The van der Waals surface area contributed by atoms with Gasteiger partial charge < -0.3 is 20.1 Å². The van der Waals surface area contributed by atoms with Crippen molar-refractivity contribution in [3.05, 3.63) is 58.9 Å². The number of anilines is 1. The first-order chi connectivity index (χ1) is 14.8. The number of carbonyl (C=O) groups is 3. The Kier molecular flexibility index (Phi) is 7.11. The molecule has 2 aromatic rings. The summed E-state index contributed by atoms with van der Waals surface area (Å²) >= 11 is 0. The fourth-order valence-corrected chi connectivity index (χ4v) is 3.01. The Labute approximate surface area is 175 Å². The quantitative estimate of drug-likeness (QED) is 0.489. The minimum Gasteiger partial charge on any atom is -0.482 e. The van der Waals surface area contributed by atoms with Crippen LogP contribution in [-0.2, 0) is 32.0 Å². The largest absolute Gasteiger partial charge is 0.482 e. The average Bonchev–Trinajstić information content (AvgIpc) is 3.23. The molecule has 3 rings (SSSR count). The van der Waals surface area contributed by atoms with E-state index in [0.717, 1.165) is 25.3 Å². The first kappa shape index (κ1) is 22.1. The molecule has 2 N–H and O–H groups in total. The molecule has 0 unspecified atom stereocenters. The maximum atomic E-state index is 13.5. The van der Waals surface area contributed by atoms with Gasteiger partial charge in [-0.25, -0.2) is 18.0 Å². The van der Waals surface area contributed by atoms with E-state index in [1.807, 2.05) is 17.4 Å².